The molecule has 0 aromatic heterocycles. The van der Waals surface area contributed by atoms with Crippen LogP contribution in [0.15, 0.2) is 0 Å². The van der Waals surface area contributed by atoms with E-state index in [-0.39, 0.29) is 0 Å². The molecule has 0 atom stereocenters. The van der Waals surface area contributed by atoms with E-state index in [0.717, 1.165) is 0 Å². The van der Waals surface area contributed by atoms with E-state index in [4.69, 9.17) is 5.73 Å². The fraction of sp³-hybridized carbons (Fsp3) is 1.00. The predicted octanol–water partition coefficient (Wildman–Crippen LogP) is 0.785. The Morgan fingerprint density at radius 3 is 2.07 bits per heavy atom. The molecular formula is C9H22N2O2S. The summed E-state index contributed by atoms with van der Waals surface area (Å²) in [5.41, 5.74) is 5.36. The zero-order valence-corrected chi connectivity index (χ0v) is 10.4. The van der Waals surface area contributed by atoms with E-state index in [1.165, 1.54) is 4.31 Å². The summed E-state index contributed by atoms with van der Waals surface area (Å²) in [7, 11) is -3.18. The van der Waals surface area contributed by atoms with E-state index in [2.05, 4.69) is 0 Å². The molecule has 0 saturated heterocycles. The van der Waals surface area contributed by atoms with Gasteiger partial charge in [0.05, 0.1) is 4.75 Å². The largest absolute Gasteiger partial charge is 0.330 e. The molecule has 0 fully saturated rings. The lowest BCUT2D eigenvalue weighted by Crippen LogP contribution is -2.43. The molecule has 0 spiro atoms. The van der Waals surface area contributed by atoms with Crippen LogP contribution in [0.25, 0.3) is 0 Å². The summed E-state index contributed by atoms with van der Waals surface area (Å²) < 4.78 is 24.7. The van der Waals surface area contributed by atoms with Crippen molar-refractivity contribution < 1.29 is 8.42 Å². The SMILES string of the molecule is CCN(CCCN)S(=O)(=O)C(C)(C)C. The normalized spacial score (nSPS) is 13.6. The van der Waals surface area contributed by atoms with Crippen LogP contribution in [0, 0.1) is 0 Å². The van der Waals surface area contributed by atoms with Crippen LogP contribution in [0.3, 0.4) is 0 Å². The molecule has 0 rings (SSSR count). The first-order valence-corrected chi connectivity index (χ1v) is 6.41. The van der Waals surface area contributed by atoms with Gasteiger partial charge in [-0.2, -0.15) is 0 Å². The summed E-state index contributed by atoms with van der Waals surface area (Å²) in [6.07, 6.45) is 0.711. The number of hydrogen-bond donors (Lipinski definition) is 1. The number of hydrogen-bond acceptors (Lipinski definition) is 3. The first-order valence-electron chi connectivity index (χ1n) is 4.97. The molecule has 0 aliphatic heterocycles. The fourth-order valence-corrected chi connectivity index (χ4v) is 2.59. The standard InChI is InChI=1S/C9H22N2O2S/c1-5-11(8-6-7-10)14(12,13)9(2,3)4/h5-8,10H2,1-4H3. The van der Waals surface area contributed by atoms with E-state index in [1.807, 2.05) is 6.92 Å². The van der Waals surface area contributed by atoms with Crippen molar-refractivity contribution in [3.05, 3.63) is 0 Å². The van der Waals surface area contributed by atoms with Crippen molar-refractivity contribution >= 4 is 10.0 Å². The molecule has 0 radical (unpaired) electrons. The van der Waals surface area contributed by atoms with E-state index < -0.39 is 14.8 Å². The first-order chi connectivity index (χ1) is 6.27. The summed E-state index contributed by atoms with van der Waals surface area (Å²) in [4.78, 5) is 0. The number of rotatable bonds is 5. The highest BCUT2D eigenvalue weighted by Gasteiger charge is 2.33. The first kappa shape index (κ1) is 13.9. The van der Waals surface area contributed by atoms with Gasteiger partial charge in [-0.05, 0) is 33.7 Å². The van der Waals surface area contributed by atoms with Gasteiger partial charge in [-0.15, -0.1) is 0 Å². The third kappa shape index (κ3) is 3.22. The van der Waals surface area contributed by atoms with Crippen LogP contribution >= 0.6 is 0 Å². The quantitative estimate of drug-likeness (QED) is 0.748. The van der Waals surface area contributed by atoms with Crippen LogP contribution in [-0.2, 0) is 10.0 Å². The Hall–Kier alpha value is -0.130. The van der Waals surface area contributed by atoms with Crippen molar-refractivity contribution in [1.82, 2.24) is 4.31 Å². The smallest absolute Gasteiger partial charge is 0.219 e. The Morgan fingerprint density at radius 1 is 1.29 bits per heavy atom. The monoisotopic (exact) mass is 222 g/mol. The molecule has 0 aliphatic carbocycles. The molecule has 86 valence electrons. The second-order valence-corrected chi connectivity index (χ2v) is 6.94. The Morgan fingerprint density at radius 2 is 1.79 bits per heavy atom. The van der Waals surface area contributed by atoms with Crippen LogP contribution in [0.2, 0.25) is 0 Å². The van der Waals surface area contributed by atoms with Crippen molar-refractivity contribution in [3.63, 3.8) is 0 Å². The van der Waals surface area contributed by atoms with Gasteiger partial charge in [0.1, 0.15) is 0 Å². The van der Waals surface area contributed by atoms with Gasteiger partial charge in [-0.3, -0.25) is 0 Å². The van der Waals surface area contributed by atoms with Crippen LogP contribution in [0.5, 0.6) is 0 Å². The second kappa shape index (κ2) is 5.09. The molecule has 4 nitrogen and oxygen atoms in total. The van der Waals surface area contributed by atoms with Gasteiger partial charge < -0.3 is 5.73 Å². The lowest BCUT2D eigenvalue weighted by molar-refractivity contribution is 0.405. The maximum atomic E-state index is 12.0. The maximum absolute atomic E-state index is 12.0. The summed E-state index contributed by atoms with van der Waals surface area (Å²) in [6.45, 7) is 8.55. The van der Waals surface area contributed by atoms with Gasteiger partial charge in [0.2, 0.25) is 10.0 Å². The summed E-state index contributed by atoms with van der Waals surface area (Å²) >= 11 is 0. The molecule has 5 heteroatoms. The number of nitrogens with two attached hydrogens (primary N) is 1. The van der Waals surface area contributed by atoms with E-state index >= 15 is 0 Å². The maximum Gasteiger partial charge on any atom is 0.219 e. The van der Waals surface area contributed by atoms with Gasteiger partial charge in [-0.1, -0.05) is 6.92 Å². The van der Waals surface area contributed by atoms with Crippen LogP contribution in [-0.4, -0.2) is 37.1 Å². The van der Waals surface area contributed by atoms with Crippen LogP contribution < -0.4 is 5.73 Å². The second-order valence-electron chi connectivity index (χ2n) is 4.25. The lowest BCUT2D eigenvalue weighted by Gasteiger charge is -2.28. The zero-order valence-electron chi connectivity index (χ0n) is 9.58. The molecule has 0 bridgehead atoms. The van der Waals surface area contributed by atoms with Crippen LogP contribution in [0.4, 0.5) is 0 Å². The average Bonchev–Trinajstić information content (AvgIpc) is 2.03. The summed E-state index contributed by atoms with van der Waals surface area (Å²) in [5.74, 6) is 0. The average molecular weight is 222 g/mol. The number of sulfonamides is 1. The molecule has 0 saturated carbocycles. The van der Waals surface area contributed by atoms with E-state index in [1.54, 1.807) is 20.8 Å². The molecule has 0 aromatic carbocycles. The van der Waals surface area contributed by atoms with E-state index in [0.29, 0.717) is 26.1 Å². The topological polar surface area (TPSA) is 63.4 Å². The zero-order chi connectivity index (χ0) is 11.4. The Kier molecular flexibility index (Phi) is 5.05. The van der Waals surface area contributed by atoms with Crippen molar-refractivity contribution in [3.8, 4) is 0 Å². The van der Waals surface area contributed by atoms with Crippen molar-refractivity contribution in [2.45, 2.75) is 38.9 Å². The minimum Gasteiger partial charge on any atom is -0.330 e. The number of nitrogens with zero attached hydrogens (tertiary/aromatic N) is 1. The highest BCUT2D eigenvalue weighted by atomic mass is 32.2. The molecule has 0 heterocycles. The molecule has 14 heavy (non-hydrogen) atoms. The predicted molar refractivity (Wildman–Crippen MR) is 59.6 cm³/mol. The van der Waals surface area contributed by atoms with Crippen LogP contribution in [0.1, 0.15) is 34.1 Å². The van der Waals surface area contributed by atoms with Gasteiger partial charge in [0.25, 0.3) is 0 Å². The highest BCUT2D eigenvalue weighted by molar-refractivity contribution is 7.90. The lowest BCUT2D eigenvalue weighted by atomic mass is 10.3. The Labute approximate surface area is 87.5 Å². The molecule has 0 aliphatic rings. The summed E-state index contributed by atoms with van der Waals surface area (Å²) in [6, 6.07) is 0. The van der Waals surface area contributed by atoms with Gasteiger partial charge in [0.15, 0.2) is 0 Å². The molecule has 2 N–H and O–H groups in total. The molecule has 0 aromatic rings. The van der Waals surface area contributed by atoms with Gasteiger partial charge in [0, 0.05) is 13.1 Å². The fourth-order valence-electron chi connectivity index (χ4n) is 1.10. The van der Waals surface area contributed by atoms with Crippen molar-refractivity contribution in [2.75, 3.05) is 19.6 Å². The minimum absolute atomic E-state index is 0.513. The summed E-state index contributed by atoms with van der Waals surface area (Å²) in [5, 5.41) is 0. The van der Waals surface area contributed by atoms with Crippen molar-refractivity contribution in [1.29, 1.82) is 0 Å². The highest BCUT2D eigenvalue weighted by Crippen LogP contribution is 2.19. The molecule has 0 unspecified atom stereocenters. The van der Waals surface area contributed by atoms with Gasteiger partial charge in [-0.25, -0.2) is 12.7 Å². The van der Waals surface area contributed by atoms with Crippen molar-refractivity contribution in [2.24, 2.45) is 5.73 Å². The van der Waals surface area contributed by atoms with Gasteiger partial charge >= 0.3 is 0 Å². The van der Waals surface area contributed by atoms with E-state index in [9.17, 15) is 8.42 Å². The third-order valence-corrected chi connectivity index (χ3v) is 4.75. The Bertz CT molecular complexity index is 254. The molecule has 0 amide bonds. The molecular weight excluding hydrogens is 200 g/mol. The Balaban J connectivity index is 4.68. The minimum atomic E-state index is -3.18. The third-order valence-electron chi connectivity index (χ3n) is 2.08.